The topological polar surface area (TPSA) is 42.3 Å². The lowest BCUT2D eigenvalue weighted by atomic mass is 10.2. The second kappa shape index (κ2) is 4.90. The number of hydrogen-bond donors (Lipinski definition) is 0. The molecule has 0 saturated carbocycles. The Hall–Kier alpha value is -1.33. The molecule has 0 unspecified atom stereocenters. The third-order valence-corrected chi connectivity index (χ3v) is 6.20. The number of aromatic nitrogens is 1. The number of fused-ring (bicyclic) bond motifs is 1. The van der Waals surface area contributed by atoms with Gasteiger partial charge in [-0.2, -0.15) is 12.7 Å². The van der Waals surface area contributed by atoms with Gasteiger partial charge in [0.2, 0.25) is 0 Å². The molecule has 20 heavy (non-hydrogen) atoms. The van der Waals surface area contributed by atoms with E-state index in [1.165, 1.54) is 3.97 Å². The van der Waals surface area contributed by atoms with E-state index in [1.54, 1.807) is 4.31 Å². The summed E-state index contributed by atoms with van der Waals surface area (Å²) in [5, 5.41) is 1.02. The number of aryl methyl sites for hydroxylation is 1. The van der Waals surface area contributed by atoms with Crippen LogP contribution in [0.1, 0.15) is 30.5 Å². The standard InChI is InChI=1S/C15H20N2O2S/c1-12-13(2)17(15-9-5-4-8-14(12)15)20(18,19)16-10-6-3-7-11-16/h4-5,8-9H,3,6-7,10-11H2,1-2H3. The van der Waals surface area contributed by atoms with E-state index < -0.39 is 10.2 Å². The minimum absolute atomic E-state index is 0.632. The molecule has 1 aromatic carbocycles. The Kier molecular flexibility index (Phi) is 3.34. The molecule has 1 saturated heterocycles. The Bertz CT molecular complexity index is 741. The molecule has 1 aliphatic heterocycles. The van der Waals surface area contributed by atoms with Crippen LogP contribution < -0.4 is 0 Å². The zero-order valence-corrected chi connectivity index (χ0v) is 12.8. The highest BCUT2D eigenvalue weighted by Crippen LogP contribution is 2.28. The molecule has 4 nitrogen and oxygen atoms in total. The maximum absolute atomic E-state index is 12.9. The van der Waals surface area contributed by atoms with Crippen LogP contribution in [-0.2, 0) is 10.2 Å². The molecule has 0 radical (unpaired) electrons. The molecule has 0 N–H and O–H groups in total. The van der Waals surface area contributed by atoms with Crippen LogP contribution in [0, 0.1) is 13.8 Å². The smallest absolute Gasteiger partial charge is 0.229 e. The van der Waals surface area contributed by atoms with Gasteiger partial charge in [0.25, 0.3) is 0 Å². The van der Waals surface area contributed by atoms with Crippen molar-refractivity contribution in [2.24, 2.45) is 0 Å². The summed E-state index contributed by atoms with van der Waals surface area (Å²) in [6.07, 6.45) is 3.03. The predicted molar refractivity (Wildman–Crippen MR) is 81.2 cm³/mol. The van der Waals surface area contributed by atoms with Gasteiger partial charge >= 0.3 is 10.2 Å². The molecule has 3 rings (SSSR count). The average Bonchev–Trinajstić information content (AvgIpc) is 2.73. The first-order valence-electron chi connectivity index (χ1n) is 7.11. The van der Waals surface area contributed by atoms with Gasteiger partial charge in [0, 0.05) is 24.2 Å². The summed E-state index contributed by atoms with van der Waals surface area (Å²) >= 11 is 0. The molecule has 0 spiro atoms. The van der Waals surface area contributed by atoms with Gasteiger partial charge in [-0.25, -0.2) is 3.97 Å². The third kappa shape index (κ3) is 1.96. The molecule has 2 heterocycles. The van der Waals surface area contributed by atoms with Crippen molar-refractivity contribution in [2.75, 3.05) is 13.1 Å². The molecule has 1 fully saturated rings. The Morgan fingerprint density at radius 3 is 2.35 bits per heavy atom. The van der Waals surface area contributed by atoms with Gasteiger partial charge < -0.3 is 0 Å². The summed E-state index contributed by atoms with van der Waals surface area (Å²) in [4.78, 5) is 0. The third-order valence-electron chi connectivity index (χ3n) is 4.25. The Balaban J connectivity index is 2.21. The maximum Gasteiger partial charge on any atom is 0.308 e. The van der Waals surface area contributed by atoms with Gasteiger partial charge in [-0.15, -0.1) is 0 Å². The molecule has 5 heteroatoms. The lowest BCUT2D eigenvalue weighted by Gasteiger charge is -2.27. The highest BCUT2D eigenvalue weighted by Gasteiger charge is 2.29. The fraction of sp³-hybridized carbons (Fsp3) is 0.467. The summed E-state index contributed by atoms with van der Waals surface area (Å²) in [7, 11) is -3.45. The first kappa shape index (κ1) is 13.6. The van der Waals surface area contributed by atoms with Crippen molar-refractivity contribution < 1.29 is 8.42 Å². The molecular weight excluding hydrogens is 272 g/mol. The fourth-order valence-corrected chi connectivity index (χ4v) is 4.85. The number of nitrogens with zero attached hydrogens (tertiary/aromatic N) is 2. The van der Waals surface area contributed by atoms with E-state index in [2.05, 4.69) is 0 Å². The van der Waals surface area contributed by atoms with Crippen molar-refractivity contribution in [2.45, 2.75) is 33.1 Å². The first-order valence-corrected chi connectivity index (χ1v) is 8.50. The predicted octanol–water partition coefficient (Wildman–Crippen LogP) is 2.84. The van der Waals surface area contributed by atoms with E-state index >= 15 is 0 Å². The van der Waals surface area contributed by atoms with Crippen molar-refractivity contribution in [3.05, 3.63) is 35.5 Å². The van der Waals surface area contributed by atoms with Crippen LogP contribution in [0.25, 0.3) is 10.9 Å². The van der Waals surface area contributed by atoms with Crippen molar-refractivity contribution in [1.82, 2.24) is 8.28 Å². The van der Waals surface area contributed by atoms with Gasteiger partial charge in [0.1, 0.15) is 0 Å². The van der Waals surface area contributed by atoms with E-state index in [1.807, 2.05) is 38.1 Å². The molecular formula is C15H20N2O2S. The molecule has 0 bridgehead atoms. The first-order chi connectivity index (χ1) is 9.53. The monoisotopic (exact) mass is 292 g/mol. The van der Waals surface area contributed by atoms with Crippen LogP contribution in [0.15, 0.2) is 24.3 Å². The van der Waals surface area contributed by atoms with Crippen LogP contribution in [0.3, 0.4) is 0 Å². The average molecular weight is 292 g/mol. The molecule has 2 aromatic rings. The Morgan fingerprint density at radius 1 is 1.00 bits per heavy atom. The summed E-state index contributed by atoms with van der Waals surface area (Å²) < 4.78 is 29.0. The van der Waals surface area contributed by atoms with E-state index in [-0.39, 0.29) is 0 Å². The zero-order chi connectivity index (χ0) is 14.3. The largest absolute Gasteiger partial charge is 0.308 e. The maximum atomic E-state index is 12.9. The van der Waals surface area contributed by atoms with Crippen molar-refractivity contribution in [3.8, 4) is 0 Å². The molecule has 0 amide bonds. The summed E-state index contributed by atoms with van der Waals surface area (Å²) in [6.45, 7) is 5.14. The van der Waals surface area contributed by atoms with Crippen LogP contribution in [0.4, 0.5) is 0 Å². The van der Waals surface area contributed by atoms with Gasteiger partial charge in [-0.1, -0.05) is 24.6 Å². The van der Waals surface area contributed by atoms with Gasteiger partial charge in [-0.05, 0) is 38.3 Å². The SMILES string of the molecule is Cc1c(C)n(S(=O)(=O)N2CCCCC2)c2ccccc12. The van der Waals surface area contributed by atoms with E-state index in [9.17, 15) is 8.42 Å². The van der Waals surface area contributed by atoms with Crippen LogP contribution >= 0.6 is 0 Å². The number of rotatable bonds is 2. The number of hydrogen-bond acceptors (Lipinski definition) is 2. The normalized spacial score (nSPS) is 17.7. The zero-order valence-electron chi connectivity index (χ0n) is 12.0. The number of piperidine rings is 1. The summed E-state index contributed by atoms with van der Waals surface area (Å²) in [5.41, 5.74) is 2.64. The van der Waals surface area contributed by atoms with Crippen molar-refractivity contribution in [1.29, 1.82) is 0 Å². The van der Waals surface area contributed by atoms with Gasteiger partial charge in [0.05, 0.1) is 5.52 Å². The minimum Gasteiger partial charge on any atom is -0.229 e. The lowest BCUT2D eigenvalue weighted by Crippen LogP contribution is -2.39. The number of benzene rings is 1. The van der Waals surface area contributed by atoms with E-state index in [0.29, 0.717) is 13.1 Å². The highest BCUT2D eigenvalue weighted by atomic mass is 32.2. The molecule has 1 aromatic heterocycles. The number of para-hydroxylation sites is 1. The molecule has 108 valence electrons. The van der Waals surface area contributed by atoms with Crippen molar-refractivity contribution in [3.63, 3.8) is 0 Å². The molecule has 0 atom stereocenters. The molecule has 0 aliphatic carbocycles. The quantitative estimate of drug-likeness (QED) is 0.854. The minimum atomic E-state index is -3.45. The van der Waals surface area contributed by atoms with Crippen LogP contribution in [-0.4, -0.2) is 29.8 Å². The van der Waals surface area contributed by atoms with Crippen molar-refractivity contribution >= 4 is 21.1 Å². The van der Waals surface area contributed by atoms with E-state index in [0.717, 1.165) is 41.4 Å². The Morgan fingerprint density at radius 2 is 1.65 bits per heavy atom. The second-order valence-electron chi connectivity index (χ2n) is 5.46. The fourth-order valence-electron chi connectivity index (χ4n) is 3.00. The van der Waals surface area contributed by atoms with Gasteiger partial charge in [-0.3, -0.25) is 0 Å². The van der Waals surface area contributed by atoms with Gasteiger partial charge in [0.15, 0.2) is 0 Å². The van der Waals surface area contributed by atoms with Crippen LogP contribution in [0.5, 0.6) is 0 Å². The second-order valence-corrected chi connectivity index (χ2v) is 7.24. The summed E-state index contributed by atoms with van der Waals surface area (Å²) in [6, 6.07) is 7.72. The van der Waals surface area contributed by atoms with Crippen LogP contribution in [0.2, 0.25) is 0 Å². The highest BCUT2D eigenvalue weighted by molar-refractivity contribution is 7.87. The van der Waals surface area contributed by atoms with E-state index in [4.69, 9.17) is 0 Å². The Labute approximate surface area is 120 Å². The lowest BCUT2D eigenvalue weighted by molar-refractivity contribution is 0.343. The molecule has 1 aliphatic rings. The summed E-state index contributed by atoms with van der Waals surface area (Å²) in [5.74, 6) is 0.